The van der Waals surface area contributed by atoms with Gasteiger partial charge < -0.3 is 9.47 Å². The lowest BCUT2D eigenvalue weighted by Gasteiger charge is -2.08. The topological polar surface area (TPSA) is 52.6 Å². The number of esters is 2. The van der Waals surface area contributed by atoms with E-state index in [1.165, 1.54) is 5.56 Å². The number of rotatable bonds is 5. The summed E-state index contributed by atoms with van der Waals surface area (Å²) in [7, 11) is 0. The fourth-order valence-corrected chi connectivity index (χ4v) is 3.14. The molecule has 0 aromatic heterocycles. The van der Waals surface area contributed by atoms with Crippen molar-refractivity contribution in [2.45, 2.75) is 69.2 Å². The van der Waals surface area contributed by atoms with Crippen LogP contribution in [0.4, 0.5) is 0 Å². The molecule has 0 aliphatic rings. The Hall–Kier alpha value is -4.18. The van der Waals surface area contributed by atoms with Gasteiger partial charge in [-0.15, -0.1) is 0 Å². The van der Waals surface area contributed by atoms with Crippen LogP contribution in [0.3, 0.4) is 0 Å². The minimum Gasteiger partial charge on any atom is -0.423 e. The largest absolute Gasteiger partial charge is 0.423 e. The van der Waals surface area contributed by atoms with E-state index in [0.29, 0.717) is 22.6 Å². The molecule has 0 heterocycles. The highest BCUT2D eigenvalue weighted by Gasteiger charge is 2.12. The van der Waals surface area contributed by atoms with Crippen molar-refractivity contribution in [2.75, 3.05) is 0 Å². The molecule has 0 fully saturated rings. The lowest BCUT2D eigenvalue weighted by Crippen LogP contribution is -2.10. The van der Waals surface area contributed by atoms with Crippen LogP contribution in [0.15, 0.2) is 97.1 Å². The second-order valence-electron chi connectivity index (χ2n) is 7.56. The molecule has 0 aliphatic carbocycles. The van der Waals surface area contributed by atoms with Crippen molar-refractivity contribution in [3.63, 3.8) is 0 Å². The summed E-state index contributed by atoms with van der Waals surface area (Å²) in [4.78, 5) is 24.8. The fraction of sp³-hybridized carbons (Fsp3) is 0.278. The zero-order valence-electron chi connectivity index (χ0n) is 25.9. The van der Waals surface area contributed by atoms with Crippen LogP contribution in [-0.2, 0) is 0 Å². The highest BCUT2D eigenvalue weighted by Crippen LogP contribution is 2.22. The van der Waals surface area contributed by atoms with Gasteiger partial charge in [-0.05, 0) is 73.5 Å². The van der Waals surface area contributed by atoms with E-state index in [1.54, 1.807) is 48.5 Å². The molecule has 0 N–H and O–H groups in total. The summed E-state index contributed by atoms with van der Waals surface area (Å²) in [6.45, 7) is 20.0. The second kappa shape index (κ2) is 20.7. The average Bonchev–Trinajstić information content (AvgIpc) is 3.03. The summed E-state index contributed by atoms with van der Waals surface area (Å²) in [5.41, 5.74) is 5.21. The van der Waals surface area contributed by atoms with Gasteiger partial charge in [0.1, 0.15) is 11.5 Å². The van der Waals surface area contributed by atoms with Crippen LogP contribution in [-0.4, -0.2) is 11.9 Å². The van der Waals surface area contributed by atoms with Crippen molar-refractivity contribution < 1.29 is 19.1 Å². The van der Waals surface area contributed by atoms with Gasteiger partial charge in [-0.3, -0.25) is 0 Å². The van der Waals surface area contributed by atoms with Gasteiger partial charge in [0.05, 0.1) is 11.1 Å². The third-order valence-electron chi connectivity index (χ3n) is 5.04. The molecule has 4 rings (SSSR count). The van der Waals surface area contributed by atoms with Gasteiger partial charge in [0.15, 0.2) is 0 Å². The highest BCUT2D eigenvalue weighted by molar-refractivity contribution is 5.93. The van der Waals surface area contributed by atoms with E-state index in [0.717, 1.165) is 16.7 Å². The predicted molar refractivity (Wildman–Crippen MR) is 170 cm³/mol. The van der Waals surface area contributed by atoms with Gasteiger partial charge in [-0.2, -0.15) is 0 Å². The molecule has 0 unspecified atom stereocenters. The third kappa shape index (κ3) is 11.7. The van der Waals surface area contributed by atoms with Gasteiger partial charge in [-0.1, -0.05) is 115 Å². The van der Waals surface area contributed by atoms with E-state index in [-0.39, 0.29) is 0 Å². The second-order valence-corrected chi connectivity index (χ2v) is 7.56. The SMILES string of the molecule is CC.CC.CC.CC.Cc1ccc(OC(=O)c2ccc(OC(=O)c3ccc(-c4ccc(C)cc4)cc3)cc2)cc1. The molecule has 4 aromatic carbocycles. The molecule has 0 amide bonds. The first-order valence-corrected chi connectivity index (χ1v) is 14.3. The smallest absolute Gasteiger partial charge is 0.343 e. The number of carbonyl (C=O) groups excluding carboxylic acids is 2. The van der Waals surface area contributed by atoms with Crippen molar-refractivity contribution in [3.05, 3.63) is 119 Å². The predicted octanol–water partition coefficient (Wildman–Crippen LogP) is 10.5. The average molecular weight is 543 g/mol. The van der Waals surface area contributed by atoms with E-state index in [2.05, 4.69) is 12.1 Å². The molecule has 4 nitrogen and oxygen atoms in total. The molecule has 214 valence electrons. The van der Waals surface area contributed by atoms with E-state index < -0.39 is 11.9 Å². The van der Waals surface area contributed by atoms with Crippen molar-refractivity contribution in [3.8, 4) is 22.6 Å². The first-order valence-electron chi connectivity index (χ1n) is 14.3. The first kappa shape index (κ1) is 35.8. The van der Waals surface area contributed by atoms with Gasteiger partial charge in [0, 0.05) is 0 Å². The first-order chi connectivity index (χ1) is 19.5. The van der Waals surface area contributed by atoms with Crippen LogP contribution in [0.2, 0.25) is 0 Å². The summed E-state index contributed by atoms with van der Waals surface area (Å²) in [5, 5.41) is 0. The molecule has 0 saturated heterocycles. The standard InChI is InChI=1S/C28H22O4.4C2H6/c1-19-3-7-21(8-4-19)22-9-11-23(12-10-22)27(29)32-26-17-13-24(14-18-26)28(30)31-25-15-5-20(2)6-16-25;4*1-2/h3-18H,1-2H3;4*1-2H3. The highest BCUT2D eigenvalue weighted by atomic mass is 16.5. The normalized spacial score (nSPS) is 8.95. The van der Waals surface area contributed by atoms with Crippen LogP contribution >= 0.6 is 0 Å². The van der Waals surface area contributed by atoms with Crippen molar-refractivity contribution in [2.24, 2.45) is 0 Å². The van der Waals surface area contributed by atoms with E-state index in [1.807, 2.05) is 106 Å². The molecule has 40 heavy (non-hydrogen) atoms. The van der Waals surface area contributed by atoms with E-state index in [4.69, 9.17) is 9.47 Å². The quantitative estimate of drug-likeness (QED) is 0.186. The van der Waals surface area contributed by atoms with Crippen molar-refractivity contribution in [1.29, 1.82) is 0 Å². The zero-order valence-corrected chi connectivity index (χ0v) is 25.9. The molecular formula is C36H46O4. The van der Waals surface area contributed by atoms with Crippen molar-refractivity contribution >= 4 is 11.9 Å². The van der Waals surface area contributed by atoms with Gasteiger partial charge in [-0.25, -0.2) is 9.59 Å². The number of aryl methyl sites for hydroxylation is 2. The number of ether oxygens (including phenoxy) is 2. The summed E-state index contributed by atoms with van der Waals surface area (Å²) in [6, 6.07) is 29.0. The van der Waals surface area contributed by atoms with E-state index in [9.17, 15) is 9.59 Å². The molecular weight excluding hydrogens is 496 g/mol. The Morgan fingerprint density at radius 2 is 0.650 bits per heavy atom. The third-order valence-corrected chi connectivity index (χ3v) is 5.04. The molecule has 4 heteroatoms. The van der Waals surface area contributed by atoms with Crippen LogP contribution < -0.4 is 9.47 Å². The minimum atomic E-state index is -0.474. The molecule has 0 aliphatic heterocycles. The van der Waals surface area contributed by atoms with Crippen LogP contribution in [0.1, 0.15) is 87.2 Å². The number of hydrogen-bond donors (Lipinski definition) is 0. The minimum absolute atomic E-state index is 0.351. The monoisotopic (exact) mass is 542 g/mol. The summed E-state index contributed by atoms with van der Waals surface area (Å²) < 4.78 is 10.8. The molecule has 0 bridgehead atoms. The maximum atomic E-state index is 12.5. The van der Waals surface area contributed by atoms with Crippen LogP contribution in [0.5, 0.6) is 11.5 Å². The molecule has 0 atom stereocenters. The lowest BCUT2D eigenvalue weighted by atomic mass is 10.0. The Labute approximate surface area is 242 Å². The lowest BCUT2D eigenvalue weighted by molar-refractivity contribution is 0.0730. The summed E-state index contributed by atoms with van der Waals surface area (Å²) in [5.74, 6) is -0.108. The Kier molecular flexibility index (Phi) is 18.6. The summed E-state index contributed by atoms with van der Waals surface area (Å²) in [6.07, 6.45) is 0. The van der Waals surface area contributed by atoms with E-state index >= 15 is 0 Å². The number of hydrogen-bond acceptors (Lipinski definition) is 4. The Bertz CT molecular complexity index is 1220. The summed E-state index contributed by atoms with van der Waals surface area (Å²) >= 11 is 0. The zero-order chi connectivity index (χ0) is 30.5. The van der Waals surface area contributed by atoms with Crippen LogP contribution in [0.25, 0.3) is 11.1 Å². The molecule has 0 saturated carbocycles. The maximum absolute atomic E-state index is 12.5. The Morgan fingerprint density at radius 1 is 0.400 bits per heavy atom. The number of benzene rings is 4. The maximum Gasteiger partial charge on any atom is 0.343 e. The number of carbonyl (C=O) groups is 2. The van der Waals surface area contributed by atoms with Gasteiger partial charge >= 0.3 is 11.9 Å². The molecule has 0 radical (unpaired) electrons. The molecule has 0 spiro atoms. The molecule has 4 aromatic rings. The van der Waals surface area contributed by atoms with Crippen molar-refractivity contribution in [1.82, 2.24) is 0 Å². The Morgan fingerprint density at radius 3 is 1.00 bits per heavy atom. The van der Waals surface area contributed by atoms with Crippen LogP contribution in [0, 0.1) is 13.8 Å². The van der Waals surface area contributed by atoms with Gasteiger partial charge in [0.2, 0.25) is 0 Å². The Balaban J connectivity index is 0.00000175. The van der Waals surface area contributed by atoms with Gasteiger partial charge in [0.25, 0.3) is 0 Å². The fourth-order valence-electron chi connectivity index (χ4n) is 3.14.